The largest absolute Gasteiger partial charge is 0.299 e. The van der Waals surface area contributed by atoms with Crippen LogP contribution >= 0.6 is 11.6 Å². The fourth-order valence-electron chi connectivity index (χ4n) is 2.58. The summed E-state index contributed by atoms with van der Waals surface area (Å²) in [6, 6.07) is 15.2. The number of benzene rings is 2. The number of amidine groups is 2. The SMILES string of the molecule is O=C1CN2C(c3ccccc3)=Nc3ccc(Cl)cc3C2=NN1. The van der Waals surface area contributed by atoms with Crippen LogP contribution in [0.2, 0.25) is 5.02 Å². The van der Waals surface area contributed by atoms with Crippen LogP contribution in [-0.4, -0.2) is 29.0 Å². The van der Waals surface area contributed by atoms with Crippen LogP contribution in [0.1, 0.15) is 11.1 Å². The van der Waals surface area contributed by atoms with Gasteiger partial charge < -0.3 is 0 Å². The zero-order valence-corrected chi connectivity index (χ0v) is 12.2. The second-order valence-electron chi connectivity index (χ2n) is 5.02. The minimum atomic E-state index is -0.169. The van der Waals surface area contributed by atoms with Crippen molar-refractivity contribution in [3.05, 3.63) is 64.7 Å². The van der Waals surface area contributed by atoms with Crippen molar-refractivity contribution >= 4 is 34.9 Å². The van der Waals surface area contributed by atoms with Gasteiger partial charge in [-0.3, -0.25) is 9.69 Å². The van der Waals surface area contributed by atoms with Crippen molar-refractivity contribution in [3.63, 3.8) is 0 Å². The molecule has 1 amide bonds. The van der Waals surface area contributed by atoms with Crippen LogP contribution in [0.3, 0.4) is 0 Å². The topological polar surface area (TPSA) is 57.1 Å². The number of aliphatic imine (C=N–C) groups is 1. The maximum Gasteiger partial charge on any atom is 0.260 e. The second-order valence-corrected chi connectivity index (χ2v) is 5.46. The number of carbonyl (C=O) groups excluding carboxylic acids is 1. The molecular formula is C16H11ClN4O. The average Bonchev–Trinajstić information content (AvgIpc) is 2.55. The summed E-state index contributed by atoms with van der Waals surface area (Å²) < 4.78 is 0. The van der Waals surface area contributed by atoms with Crippen molar-refractivity contribution in [2.45, 2.75) is 0 Å². The van der Waals surface area contributed by atoms with E-state index in [2.05, 4.69) is 10.5 Å². The van der Waals surface area contributed by atoms with Gasteiger partial charge in [0, 0.05) is 16.1 Å². The molecule has 5 nitrogen and oxygen atoms in total. The molecule has 2 heterocycles. The lowest BCUT2D eigenvalue weighted by molar-refractivity contribution is -0.121. The fourth-order valence-corrected chi connectivity index (χ4v) is 2.75. The van der Waals surface area contributed by atoms with Gasteiger partial charge >= 0.3 is 0 Å². The number of hydrogen-bond donors (Lipinski definition) is 1. The van der Waals surface area contributed by atoms with E-state index in [1.807, 2.05) is 47.4 Å². The molecule has 4 rings (SSSR count). The molecular weight excluding hydrogens is 300 g/mol. The highest BCUT2D eigenvalue weighted by Gasteiger charge is 2.31. The summed E-state index contributed by atoms with van der Waals surface area (Å²) >= 11 is 6.08. The summed E-state index contributed by atoms with van der Waals surface area (Å²) in [5.41, 5.74) is 5.06. The molecule has 0 fully saturated rings. The van der Waals surface area contributed by atoms with Crippen LogP contribution in [-0.2, 0) is 4.79 Å². The molecule has 0 bridgehead atoms. The van der Waals surface area contributed by atoms with Crippen LogP contribution in [0.25, 0.3) is 0 Å². The standard InChI is InChI=1S/C16H11ClN4O/c17-11-6-7-13-12(8-11)16-20-19-14(22)9-21(16)15(18-13)10-4-2-1-3-5-10/h1-8H,9H2,(H,19,22). The fraction of sp³-hybridized carbons (Fsp3) is 0.0625. The van der Waals surface area contributed by atoms with E-state index in [1.54, 1.807) is 6.07 Å². The van der Waals surface area contributed by atoms with E-state index in [-0.39, 0.29) is 12.5 Å². The Hall–Kier alpha value is -2.66. The molecule has 0 spiro atoms. The van der Waals surface area contributed by atoms with Crippen LogP contribution in [0.5, 0.6) is 0 Å². The summed E-state index contributed by atoms with van der Waals surface area (Å²) in [6.45, 7) is 0.179. The molecule has 0 unspecified atom stereocenters. The molecule has 2 aliphatic heterocycles. The first-order valence-corrected chi connectivity index (χ1v) is 7.18. The van der Waals surface area contributed by atoms with Crippen molar-refractivity contribution in [1.82, 2.24) is 10.3 Å². The number of hydrogen-bond acceptors (Lipinski definition) is 4. The molecule has 2 aliphatic rings. The maximum atomic E-state index is 11.7. The predicted molar refractivity (Wildman–Crippen MR) is 85.5 cm³/mol. The first-order valence-electron chi connectivity index (χ1n) is 6.80. The molecule has 0 radical (unpaired) electrons. The van der Waals surface area contributed by atoms with Gasteiger partial charge in [0.2, 0.25) is 0 Å². The predicted octanol–water partition coefficient (Wildman–Crippen LogP) is 2.53. The van der Waals surface area contributed by atoms with Crippen molar-refractivity contribution in [3.8, 4) is 0 Å². The van der Waals surface area contributed by atoms with Crippen LogP contribution in [0.4, 0.5) is 5.69 Å². The lowest BCUT2D eigenvalue weighted by Gasteiger charge is -2.33. The molecule has 108 valence electrons. The molecule has 2 aromatic rings. The Morgan fingerprint density at radius 1 is 1.09 bits per heavy atom. The van der Waals surface area contributed by atoms with Gasteiger partial charge in [0.1, 0.15) is 12.4 Å². The zero-order chi connectivity index (χ0) is 15.1. The van der Waals surface area contributed by atoms with E-state index >= 15 is 0 Å². The first-order chi connectivity index (χ1) is 10.7. The number of nitrogens with zero attached hydrogens (tertiary/aromatic N) is 3. The van der Waals surface area contributed by atoms with Gasteiger partial charge in [0.25, 0.3) is 5.91 Å². The molecule has 6 heteroatoms. The number of fused-ring (bicyclic) bond motifs is 3. The Bertz CT molecular complexity index is 829. The smallest absolute Gasteiger partial charge is 0.260 e. The summed E-state index contributed by atoms with van der Waals surface area (Å²) in [5, 5.41) is 4.80. The first kappa shape index (κ1) is 13.0. The summed E-state index contributed by atoms with van der Waals surface area (Å²) in [4.78, 5) is 18.2. The van der Waals surface area contributed by atoms with E-state index < -0.39 is 0 Å². The average molecular weight is 311 g/mol. The molecule has 0 atom stereocenters. The summed E-state index contributed by atoms with van der Waals surface area (Å²) in [7, 11) is 0. The molecule has 22 heavy (non-hydrogen) atoms. The van der Waals surface area contributed by atoms with Gasteiger partial charge in [0.15, 0.2) is 5.84 Å². The molecule has 1 N–H and O–H groups in total. The number of halogens is 1. The highest BCUT2D eigenvalue weighted by Crippen LogP contribution is 2.31. The quantitative estimate of drug-likeness (QED) is 0.880. The third-order valence-electron chi connectivity index (χ3n) is 3.56. The van der Waals surface area contributed by atoms with Gasteiger partial charge in [-0.25, -0.2) is 10.4 Å². The summed E-state index contributed by atoms with van der Waals surface area (Å²) in [5.74, 6) is 1.20. The van der Waals surface area contributed by atoms with Crippen LogP contribution < -0.4 is 5.43 Å². The Kier molecular flexibility index (Phi) is 2.94. The minimum absolute atomic E-state index is 0.169. The Morgan fingerprint density at radius 2 is 1.91 bits per heavy atom. The Morgan fingerprint density at radius 3 is 2.73 bits per heavy atom. The van der Waals surface area contributed by atoms with E-state index in [4.69, 9.17) is 16.6 Å². The molecule has 2 aromatic carbocycles. The molecule has 0 saturated heterocycles. The van der Waals surface area contributed by atoms with E-state index in [0.29, 0.717) is 16.7 Å². The molecule has 0 aliphatic carbocycles. The van der Waals surface area contributed by atoms with Crippen molar-refractivity contribution in [2.24, 2.45) is 10.1 Å². The normalized spacial score (nSPS) is 16.2. The van der Waals surface area contributed by atoms with Gasteiger partial charge in [0.05, 0.1) is 5.69 Å². The van der Waals surface area contributed by atoms with Gasteiger partial charge in [-0.05, 0) is 18.2 Å². The number of carbonyl (C=O) groups is 1. The third kappa shape index (κ3) is 2.07. The lowest BCUT2D eigenvalue weighted by Crippen LogP contribution is -2.50. The molecule has 0 aromatic heterocycles. The number of hydrazone groups is 1. The Balaban J connectivity index is 1.94. The maximum absolute atomic E-state index is 11.7. The van der Waals surface area contributed by atoms with Crippen molar-refractivity contribution in [1.29, 1.82) is 0 Å². The number of nitrogens with one attached hydrogen (secondary N) is 1. The van der Waals surface area contributed by atoms with Crippen molar-refractivity contribution < 1.29 is 4.79 Å². The van der Waals surface area contributed by atoms with Gasteiger partial charge in [-0.1, -0.05) is 41.9 Å². The zero-order valence-electron chi connectivity index (χ0n) is 11.5. The third-order valence-corrected chi connectivity index (χ3v) is 3.79. The van der Waals surface area contributed by atoms with Crippen LogP contribution in [0, 0.1) is 0 Å². The highest BCUT2D eigenvalue weighted by molar-refractivity contribution is 6.31. The molecule has 0 saturated carbocycles. The van der Waals surface area contributed by atoms with E-state index in [0.717, 1.165) is 16.8 Å². The number of amides is 1. The van der Waals surface area contributed by atoms with Crippen molar-refractivity contribution in [2.75, 3.05) is 6.54 Å². The highest BCUT2D eigenvalue weighted by atomic mass is 35.5. The number of rotatable bonds is 1. The van der Waals surface area contributed by atoms with E-state index in [1.165, 1.54) is 0 Å². The minimum Gasteiger partial charge on any atom is -0.299 e. The second kappa shape index (κ2) is 4.96. The van der Waals surface area contributed by atoms with Gasteiger partial charge in [-0.2, -0.15) is 5.10 Å². The van der Waals surface area contributed by atoms with Crippen LogP contribution in [0.15, 0.2) is 58.6 Å². The summed E-state index contributed by atoms with van der Waals surface area (Å²) in [6.07, 6.45) is 0. The van der Waals surface area contributed by atoms with E-state index in [9.17, 15) is 4.79 Å². The monoisotopic (exact) mass is 310 g/mol. The van der Waals surface area contributed by atoms with Gasteiger partial charge in [-0.15, -0.1) is 0 Å². The Labute approximate surface area is 131 Å². The lowest BCUT2D eigenvalue weighted by atomic mass is 10.1.